The number of benzene rings is 1. The average Bonchev–Trinajstić information content (AvgIpc) is 3.23. The van der Waals surface area contributed by atoms with Crippen molar-refractivity contribution in [3.63, 3.8) is 0 Å². The lowest BCUT2D eigenvalue weighted by Crippen LogP contribution is -2.45. The molecule has 0 saturated heterocycles. The Morgan fingerprint density at radius 3 is 2.68 bits per heavy atom. The predicted molar refractivity (Wildman–Crippen MR) is 75.5 cm³/mol. The SMILES string of the molecule is COCCN(CC(F)F)C(=O)NC1CC1c1ccc(F)cc1. The Morgan fingerprint density at radius 2 is 2.09 bits per heavy atom. The Bertz CT molecular complexity index is 496. The molecule has 22 heavy (non-hydrogen) atoms. The molecule has 1 aliphatic rings. The van der Waals surface area contributed by atoms with Gasteiger partial charge in [-0.25, -0.2) is 18.0 Å². The number of amides is 2. The molecule has 2 unspecified atom stereocenters. The second kappa shape index (κ2) is 7.49. The van der Waals surface area contributed by atoms with Gasteiger partial charge in [-0.15, -0.1) is 0 Å². The maximum atomic E-state index is 12.9. The van der Waals surface area contributed by atoms with Crippen molar-refractivity contribution in [1.29, 1.82) is 0 Å². The quantitative estimate of drug-likeness (QED) is 0.840. The number of urea groups is 1. The van der Waals surface area contributed by atoms with Gasteiger partial charge < -0.3 is 15.0 Å². The van der Waals surface area contributed by atoms with E-state index in [9.17, 15) is 18.0 Å². The summed E-state index contributed by atoms with van der Waals surface area (Å²) < 4.78 is 42.7. The molecule has 1 aliphatic carbocycles. The monoisotopic (exact) mass is 316 g/mol. The molecule has 1 fully saturated rings. The molecule has 4 nitrogen and oxygen atoms in total. The van der Waals surface area contributed by atoms with Gasteiger partial charge in [-0.2, -0.15) is 0 Å². The summed E-state index contributed by atoms with van der Waals surface area (Å²) in [6, 6.07) is 5.47. The van der Waals surface area contributed by atoms with Gasteiger partial charge in [-0.3, -0.25) is 0 Å². The third-order valence-corrected chi connectivity index (χ3v) is 3.61. The predicted octanol–water partition coefficient (Wildman–Crippen LogP) is 2.60. The highest BCUT2D eigenvalue weighted by atomic mass is 19.3. The molecule has 0 bridgehead atoms. The third kappa shape index (κ3) is 4.62. The highest BCUT2D eigenvalue weighted by molar-refractivity contribution is 5.75. The molecule has 0 aliphatic heterocycles. The summed E-state index contributed by atoms with van der Waals surface area (Å²) in [5, 5.41) is 2.74. The Balaban J connectivity index is 1.86. The lowest BCUT2D eigenvalue weighted by atomic mass is 10.1. The summed E-state index contributed by atoms with van der Waals surface area (Å²) in [6.07, 6.45) is -1.86. The molecule has 2 rings (SSSR count). The van der Waals surface area contributed by atoms with Gasteiger partial charge in [0.1, 0.15) is 5.82 Å². The molecule has 122 valence electrons. The summed E-state index contributed by atoms with van der Waals surface area (Å²) in [5.74, 6) is -0.201. The highest BCUT2D eigenvalue weighted by Gasteiger charge is 2.40. The van der Waals surface area contributed by atoms with Gasteiger partial charge >= 0.3 is 6.03 Å². The normalized spacial score (nSPS) is 20.0. The number of carbonyl (C=O) groups is 1. The van der Waals surface area contributed by atoms with E-state index in [2.05, 4.69) is 5.32 Å². The molecule has 0 heterocycles. The number of halogens is 3. The van der Waals surface area contributed by atoms with E-state index >= 15 is 0 Å². The van der Waals surface area contributed by atoms with Crippen LogP contribution in [0, 0.1) is 5.82 Å². The second-order valence-corrected chi connectivity index (χ2v) is 5.28. The van der Waals surface area contributed by atoms with Crippen molar-refractivity contribution in [2.24, 2.45) is 0 Å². The van der Waals surface area contributed by atoms with Gasteiger partial charge in [0.05, 0.1) is 13.2 Å². The zero-order valence-electron chi connectivity index (χ0n) is 12.3. The van der Waals surface area contributed by atoms with Gasteiger partial charge in [-0.05, 0) is 24.1 Å². The number of nitrogens with one attached hydrogen (secondary N) is 1. The molecule has 0 aromatic heterocycles. The number of hydrogen-bond donors (Lipinski definition) is 1. The Labute approximate surface area is 127 Å². The van der Waals surface area contributed by atoms with E-state index in [0.717, 1.165) is 16.9 Å². The minimum absolute atomic E-state index is 0.0966. The maximum absolute atomic E-state index is 12.9. The van der Waals surface area contributed by atoms with Crippen molar-refractivity contribution in [3.8, 4) is 0 Å². The van der Waals surface area contributed by atoms with E-state index in [1.807, 2.05) is 0 Å². The lowest BCUT2D eigenvalue weighted by Gasteiger charge is -2.22. The molecule has 0 spiro atoms. The molecular weight excluding hydrogens is 297 g/mol. The van der Waals surface area contributed by atoms with Crippen LogP contribution in [0.4, 0.5) is 18.0 Å². The molecule has 7 heteroatoms. The van der Waals surface area contributed by atoms with Gasteiger partial charge in [0.2, 0.25) is 0 Å². The number of hydrogen-bond acceptors (Lipinski definition) is 2. The molecule has 1 aromatic carbocycles. The van der Waals surface area contributed by atoms with E-state index in [-0.39, 0.29) is 30.9 Å². The number of ether oxygens (including phenoxy) is 1. The first-order valence-corrected chi connectivity index (χ1v) is 7.09. The van der Waals surface area contributed by atoms with E-state index < -0.39 is 19.0 Å². The van der Waals surface area contributed by atoms with Crippen molar-refractivity contribution in [2.75, 3.05) is 26.8 Å². The van der Waals surface area contributed by atoms with Crippen LogP contribution in [0.25, 0.3) is 0 Å². The number of alkyl halides is 2. The molecule has 1 N–H and O–H groups in total. The first kappa shape index (κ1) is 16.6. The Morgan fingerprint density at radius 1 is 1.41 bits per heavy atom. The fraction of sp³-hybridized carbons (Fsp3) is 0.533. The first-order valence-electron chi connectivity index (χ1n) is 7.09. The average molecular weight is 316 g/mol. The summed E-state index contributed by atoms with van der Waals surface area (Å²) in [6.45, 7) is -0.310. The summed E-state index contributed by atoms with van der Waals surface area (Å²) >= 11 is 0. The van der Waals surface area contributed by atoms with Gasteiger partial charge in [0.25, 0.3) is 6.43 Å². The van der Waals surface area contributed by atoms with Gasteiger partial charge in [-0.1, -0.05) is 12.1 Å². The molecule has 2 amide bonds. The van der Waals surface area contributed by atoms with Crippen LogP contribution in [0.5, 0.6) is 0 Å². The summed E-state index contributed by atoms with van der Waals surface area (Å²) in [7, 11) is 1.45. The van der Waals surface area contributed by atoms with Crippen LogP contribution < -0.4 is 5.32 Å². The van der Waals surface area contributed by atoms with Crippen molar-refractivity contribution >= 4 is 6.03 Å². The highest BCUT2D eigenvalue weighted by Crippen LogP contribution is 2.40. The molecule has 2 atom stereocenters. The number of carbonyl (C=O) groups excluding carboxylic acids is 1. The van der Waals surface area contributed by atoms with Gasteiger partial charge in [0.15, 0.2) is 0 Å². The minimum Gasteiger partial charge on any atom is -0.383 e. The summed E-state index contributed by atoms with van der Waals surface area (Å²) in [4.78, 5) is 13.1. The van der Waals surface area contributed by atoms with Crippen molar-refractivity contribution < 1.29 is 22.7 Å². The smallest absolute Gasteiger partial charge is 0.317 e. The number of rotatable bonds is 7. The summed E-state index contributed by atoms with van der Waals surface area (Å²) in [5.41, 5.74) is 0.934. The zero-order valence-corrected chi connectivity index (χ0v) is 12.3. The minimum atomic E-state index is -2.59. The second-order valence-electron chi connectivity index (χ2n) is 5.28. The maximum Gasteiger partial charge on any atom is 0.317 e. The van der Waals surface area contributed by atoms with Crippen molar-refractivity contribution in [3.05, 3.63) is 35.6 Å². The van der Waals surface area contributed by atoms with Crippen LogP contribution in [0.2, 0.25) is 0 Å². The largest absolute Gasteiger partial charge is 0.383 e. The van der Waals surface area contributed by atoms with Crippen LogP contribution in [-0.4, -0.2) is 50.2 Å². The van der Waals surface area contributed by atoms with E-state index in [0.29, 0.717) is 0 Å². The van der Waals surface area contributed by atoms with Crippen LogP contribution >= 0.6 is 0 Å². The van der Waals surface area contributed by atoms with Crippen LogP contribution in [0.1, 0.15) is 17.9 Å². The zero-order chi connectivity index (χ0) is 16.1. The molecule has 1 aromatic rings. The first-order chi connectivity index (χ1) is 10.5. The number of nitrogens with zero attached hydrogens (tertiary/aromatic N) is 1. The fourth-order valence-corrected chi connectivity index (χ4v) is 2.33. The number of methoxy groups -OCH3 is 1. The fourth-order valence-electron chi connectivity index (χ4n) is 2.33. The molecular formula is C15H19F3N2O2. The standard InChI is InChI=1S/C15H19F3N2O2/c1-22-7-6-20(9-14(17)18)15(21)19-13-8-12(13)10-2-4-11(16)5-3-10/h2-5,12-14H,6-9H2,1H3,(H,19,21). The lowest BCUT2D eigenvalue weighted by molar-refractivity contribution is 0.0833. The Hall–Kier alpha value is -1.76. The van der Waals surface area contributed by atoms with E-state index in [1.165, 1.54) is 19.2 Å². The van der Waals surface area contributed by atoms with Crippen LogP contribution in [0.15, 0.2) is 24.3 Å². The van der Waals surface area contributed by atoms with E-state index in [1.54, 1.807) is 12.1 Å². The van der Waals surface area contributed by atoms with Crippen molar-refractivity contribution in [1.82, 2.24) is 10.2 Å². The van der Waals surface area contributed by atoms with Gasteiger partial charge in [0, 0.05) is 25.6 Å². The topological polar surface area (TPSA) is 41.6 Å². The Kier molecular flexibility index (Phi) is 5.65. The molecule has 1 saturated carbocycles. The molecule has 0 radical (unpaired) electrons. The van der Waals surface area contributed by atoms with Crippen LogP contribution in [0.3, 0.4) is 0 Å². The van der Waals surface area contributed by atoms with E-state index in [4.69, 9.17) is 4.74 Å². The van der Waals surface area contributed by atoms with Crippen LogP contribution in [-0.2, 0) is 4.74 Å². The van der Waals surface area contributed by atoms with Crippen molar-refractivity contribution in [2.45, 2.75) is 24.8 Å². The third-order valence-electron chi connectivity index (χ3n) is 3.61.